The van der Waals surface area contributed by atoms with Crippen molar-refractivity contribution in [1.29, 1.82) is 5.26 Å². The first-order valence-electron chi connectivity index (χ1n) is 14.2. The fraction of sp³-hybridized carbons (Fsp3) is 0.242. The molecule has 0 unspecified atom stereocenters. The lowest BCUT2D eigenvalue weighted by Crippen LogP contribution is -2.10. The molecule has 0 aliphatic heterocycles. The van der Waals surface area contributed by atoms with Gasteiger partial charge in [0.15, 0.2) is 0 Å². The van der Waals surface area contributed by atoms with E-state index in [0.717, 1.165) is 33.6 Å². The number of nitrogens with one attached hydrogen (secondary N) is 2. The van der Waals surface area contributed by atoms with E-state index in [-0.39, 0.29) is 18.0 Å². The van der Waals surface area contributed by atoms with Crippen LogP contribution in [0.3, 0.4) is 0 Å². The van der Waals surface area contributed by atoms with Crippen molar-refractivity contribution in [3.63, 3.8) is 0 Å². The first kappa shape index (κ1) is 32.9. The molecule has 11 nitrogen and oxygen atoms in total. The average molecular weight is 626 g/mol. The molecule has 0 atom stereocenters. The number of benzene rings is 4. The van der Waals surface area contributed by atoms with Gasteiger partial charge in [0.1, 0.15) is 11.8 Å². The van der Waals surface area contributed by atoms with Gasteiger partial charge in [0, 0.05) is 13.1 Å². The summed E-state index contributed by atoms with van der Waals surface area (Å²) in [5.41, 5.74) is 8.50. The third kappa shape index (κ3) is 8.57. The third-order valence-corrected chi connectivity index (χ3v) is 7.95. The van der Waals surface area contributed by atoms with Crippen molar-refractivity contribution in [1.82, 2.24) is 0 Å². The van der Waals surface area contributed by atoms with E-state index in [1.807, 2.05) is 57.2 Å². The van der Waals surface area contributed by atoms with Crippen LogP contribution in [0.25, 0.3) is 0 Å². The molecular formula is C33H35N7O4S. The Balaban J connectivity index is 1.62. The molecule has 0 fully saturated rings. The van der Waals surface area contributed by atoms with Crippen LogP contribution in [-0.4, -0.2) is 37.8 Å². The molecule has 4 aromatic rings. The number of aliphatic hydroxyl groups excluding tert-OH is 1. The van der Waals surface area contributed by atoms with Gasteiger partial charge >= 0.3 is 0 Å². The van der Waals surface area contributed by atoms with Crippen LogP contribution in [0.1, 0.15) is 33.4 Å². The largest absolute Gasteiger partial charge is 0.395 e. The van der Waals surface area contributed by atoms with Gasteiger partial charge in [-0.25, -0.2) is 0 Å². The number of hydrogen-bond donors (Lipinski definition) is 4. The topological polar surface area (TPSA) is 172 Å². The highest BCUT2D eigenvalue weighted by atomic mass is 32.2. The summed E-state index contributed by atoms with van der Waals surface area (Å²) in [5.74, 6) is 0. The number of aryl methyl sites for hydroxylation is 3. The number of nitrogens with zero attached hydrogens (tertiary/aromatic N) is 5. The van der Waals surface area contributed by atoms with Gasteiger partial charge in [0.2, 0.25) is 0 Å². The molecule has 232 valence electrons. The van der Waals surface area contributed by atoms with E-state index in [2.05, 4.69) is 37.2 Å². The summed E-state index contributed by atoms with van der Waals surface area (Å²) in [6.45, 7) is 8.26. The van der Waals surface area contributed by atoms with Gasteiger partial charge in [-0.1, -0.05) is 24.3 Å². The monoisotopic (exact) mass is 625 g/mol. The SMILES string of the molecule is Cc1cccc(N=Nc2cc(C)c(N=Nc3c(NCCc4ccc(S(=O)(=O)O)cc4)cc(NCCO)c(C#N)c3C)cc2C)c1. The van der Waals surface area contributed by atoms with Gasteiger partial charge in [0.05, 0.1) is 45.5 Å². The van der Waals surface area contributed by atoms with Crippen LogP contribution in [0.15, 0.2) is 92.1 Å². The number of aliphatic hydroxyl groups is 1. The van der Waals surface area contributed by atoms with E-state index in [1.165, 1.54) is 12.1 Å². The van der Waals surface area contributed by atoms with Crippen molar-refractivity contribution in [2.45, 2.75) is 39.0 Å². The fourth-order valence-electron chi connectivity index (χ4n) is 4.62. The molecule has 0 aliphatic rings. The van der Waals surface area contributed by atoms with E-state index in [0.29, 0.717) is 46.8 Å². The van der Waals surface area contributed by atoms with Crippen LogP contribution in [0.4, 0.5) is 34.1 Å². The van der Waals surface area contributed by atoms with Gasteiger partial charge in [-0.15, -0.1) is 5.11 Å². The Labute approximate surface area is 263 Å². The smallest absolute Gasteiger partial charge is 0.294 e. The Morgan fingerprint density at radius 2 is 1.44 bits per heavy atom. The van der Waals surface area contributed by atoms with E-state index < -0.39 is 10.1 Å². The Morgan fingerprint density at radius 3 is 2.04 bits per heavy atom. The maximum atomic E-state index is 11.4. The van der Waals surface area contributed by atoms with E-state index in [9.17, 15) is 23.3 Å². The summed E-state index contributed by atoms with van der Waals surface area (Å²) in [6, 6.07) is 21.6. The lowest BCUT2D eigenvalue weighted by molar-refractivity contribution is 0.311. The van der Waals surface area contributed by atoms with Crippen molar-refractivity contribution >= 4 is 44.2 Å². The van der Waals surface area contributed by atoms with Gasteiger partial charge in [0.25, 0.3) is 10.1 Å². The van der Waals surface area contributed by atoms with Gasteiger partial charge in [-0.3, -0.25) is 4.55 Å². The van der Waals surface area contributed by atoms with Crippen molar-refractivity contribution in [2.24, 2.45) is 20.5 Å². The first-order valence-corrected chi connectivity index (χ1v) is 15.7. The number of azo groups is 2. The van der Waals surface area contributed by atoms with Crippen LogP contribution in [0.2, 0.25) is 0 Å². The highest BCUT2D eigenvalue weighted by molar-refractivity contribution is 7.85. The highest BCUT2D eigenvalue weighted by Crippen LogP contribution is 2.38. The number of hydrogen-bond acceptors (Lipinski definition) is 10. The summed E-state index contributed by atoms with van der Waals surface area (Å²) in [4.78, 5) is -0.169. The maximum absolute atomic E-state index is 11.4. The van der Waals surface area contributed by atoms with Crippen molar-refractivity contribution in [3.05, 3.63) is 100 Å². The Hall–Kier alpha value is -4.96. The standard InChI is InChI=1S/C33H35N7O4S/c1-21-6-5-7-26(16-21)37-38-29-17-23(3)30(18-22(29)2)39-40-33-24(4)28(20-34)31(36-14-15-41)19-32(33)35-13-12-25-8-10-27(11-9-25)45(42,43)44/h5-11,16-19,35-36,41H,12-15H2,1-4H3,(H,42,43,44). The van der Waals surface area contributed by atoms with Crippen molar-refractivity contribution in [2.75, 3.05) is 30.3 Å². The highest BCUT2D eigenvalue weighted by Gasteiger charge is 2.16. The predicted octanol–water partition coefficient (Wildman–Crippen LogP) is 7.93. The molecule has 0 aromatic heterocycles. The minimum atomic E-state index is -4.27. The summed E-state index contributed by atoms with van der Waals surface area (Å²) in [5, 5.41) is 43.7. The van der Waals surface area contributed by atoms with Crippen LogP contribution >= 0.6 is 0 Å². The zero-order valence-electron chi connectivity index (χ0n) is 25.5. The van der Waals surface area contributed by atoms with Crippen LogP contribution in [0, 0.1) is 39.0 Å². The molecule has 0 heterocycles. The van der Waals surface area contributed by atoms with E-state index in [4.69, 9.17) is 0 Å². The molecule has 0 spiro atoms. The molecule has 0 aliphatic carbocycles. The first-order chi connectivity index (χ1) is 21.5. The Bertz CT molecular complexity index is 1900. The number of rotatable bonds is 12. The molecule has 0 bridgehead atoms. The van der Waals surface area contributed by atoms with E-state index >= 15 is 0 Å². The van der Waals surface area contributed by atoms with Gasteiger partial charge < -0.3 is 15.7 Å². The van der Waals surface area contributed by atoms with Crippen molar-refractivity contribution < 1.29 is 18.1 Å². The second-order valence-electron chi connectivity index (χ2n) is 10.5. The van der Waals surface area contributed by atoms with Crippen molar-refractivity contribution in [3.8, 4) is 6.07 Å². The maximum Gasteiger partial charge on any atom is 0.294 e. The van der Waals surface area contributed by atoms with Crippen LogP contribution < -0.4 is 10.6 Å². The molecule has 4 N–H and O–H groups in total. The van der Waals surface area contributed by atoms with Gasteiger partial charge in [-0.2, -0.15) is 29.0 Å². The lowest BCUT2D eigenvalue weighted by Gasteiger charge is -2.17. The summed E-state index contributed by atoms with van der Waals surface area (Å²) < 4.78 is 31.9. The van der Waals surface area contributed by atoms with Crippen LogP contribution in [0.5, 0.6) is 0 Å². The lowest BCUT2D eigenvalue weighted by atomic mass is 10.0. The minimum absolute atomic E-state index is 0.104. The zero-order chi connectivity index (χ0) is 32.6. The second-order valence-corrected chi connectivity index (χ2v) is 12.0. The van der Waals surface area contributed by atoms with Crippen LogP contribution in [-0.2, 0) is 16.5 Å². The third-order valence-electron chi connectivity index (χ3n) is 7.08. The molecular weight excluding hydrogens is 590 g/mol. The molecule has 0 amide bonds. The normalized spacial score (nSPS) is 11.7. The Kier molecular flexibility index (Phi) is 10.7. The molecule has 45 heavy (non-hydrogen) atoms. The second kappa shape index (κ2) is 14.7. The average Bonchev–Trinajstić information content (AvgIpc) is 3.00. The number of anilines is 2. The predicted molar refractivity (Wildman–Crippen MR) is 175 cm³/mol. The molecule has 0 radical (unpaired) electrons. The summed E-state index contributed by atoms with van der Waals surface area (Å²) in [6.07, 6.45) is 0.539. The van der Waals surface area contributed by atoms with Gasteiger partial charge in [-0.05, 0) is 104 Å². The zero-order valence-corrected chi connectivity index (χ0v) is 26.4. The Morgan fingerprint density at radius 1 is 0.800 bits per heavy atom. The molecule has 0 saturated heterocycles. The van der Waals surface area contributed by atoms with E-state index in [1.54, 1.807) is 25.1 Å². The summed E-state index contributed by atoms with van der Waals surface area (Å²) >= 11 is 0. The quantitative estimate of drug-likeness (QED) is 0.0914. The fourth-order valence-corrected chi connectivity index (χ4v) is 5.10. The molecule has 0 saturated carbocycles. The summed E-state index contributed by atoms with van der Waals surface area (Å²) in [7, 11) is -4.27. The molecule has 4 aromatic carbocycles. The minimum Gasteiger partial charge on any atom is -0.395 e. The molecule has 4 rings (SSSR count). The number of nitriles is 1. The molecule has 12 heteroatoms.